The van der Waals surface area contributed by atoms with E-state index in [-0.39, 0.29) is 31.6 Å². The highest BCUT2D eigenvalue weighted by molar-refractivity contribution is 5.72. The molecule has 0 aliphatic rings. The minimum Gasteiger partial charge on any atom is -0.462 e. The Bertz CT molecular complexity index is 1560. The molecule has 0 aromatic heterocycles. The van der Waals surface area contributed by atoms with Crippen molar-refractivity contribution in [3.05, 3.63) is 97.2 Å². The maximum Gasteiger partial charge on any atom is 0.309 e. The summed E-state index contributed by atoms with van der Waals surface area (Å²) in [5.74, 6) is -1.03. The van der Waals surface area contributed by atoms with E-state index in [0.717, 1.165) is 83.5 Å². The second-order valence-electron chi connectivity index (χ2n) is 22.7. The maximum atomic E-state index is 12.9. The van der Waals surface area contributed by atoms with Gasteiger partial charge in [-0.15, -0.1) is 0 Å². The third-order valence-corrected chi connectivity index (χ3v) is 14.9. The Hall–Kier alpha value is -3.67. The summed E-state index contributed by atoms with van der Waals surface area (Å²) in [6.07, 6.45) is 91.7. The van der Waals surface area contributed by atoms with Gasteiger partial charge in [-0.2, -0.15) is 0 Å². The Labute approximate surface area is 496 Å². The van der Waals surface area contributed by atoms with Crippen LogP contribution in [0, 0.1) is 0 Å². The Morgan fingerprint density at radius 3 is 0.875 bits per heavy atom. The average Bonchev–Trinajstić information content (AvgIpc) is 3.46. The molecule has 0 heterocycles. The van der Waals surface area contributed by atoms with Crippen LogP contribution < -0.4 is 0 Å². The molecule has 0 aliphatic heterocycles. The number of hydrogen-bond acceptors (Lipinski definition) is 6. The van der Waals surface area contributed by atoms with Crippen molar-refractivity contribution in [1.82, 2.24) is 0 Å². The van der Waals surface area contributed by atoms with Crippen LogP contribution in [-0.4, -0.2) is 37.2 Å². The number of hydrogen-bond donors (Lipinski definition) is 0. The van der Waals surface area contributed by atoms with Crippen LogP contribution in [-0.2, 0) is 28.6 Å². The number of unbranched alkanes of at least 4 members (excludes halogenated alkanes) is 36. The van der Waals surface area contributed by atoms with E-state index in [1.807, 2.05) is 6.08 Å². The van der Waals surface area contributed by atoms with Crippen molar-refractivity contribution in [1.29, 1.82) is 0 Å². The van der Waals surface area contributed by atoms with Crippen molar-refractivity contribution in [3.8, 4) is 0 Å². The van der Waals surface area contributed by atoms with Crippen molar-refractivity contribution in [2.45, 2.75) is 341 Å². The van der Waals surface area contributed by atoms with Gasteiger partial charge in [-0.25, -0.2) is 0 Å². The highest BCUT2D eigenvalue weighted by atomic mass is 16.6. The predicted octanol–water partition coefficient (Wildman–Crippen LogP) is 23.6. The van der Waals surface area contributed by atoms with Crippen molar-refractivity contribution in [3.63, 3.8) is 0 Å². The van der Waals surface area contributed by atoms with Gasteiger partial charge in [-0.05, 0) is 83.5 Å². The standard InChI is InChI=1S/C74H128O6/c1-4-7-10-13-16-19-22-25-28-30-32-34-35-36-37-38-39-40-42-43-46-49-52-55-58-61-64-67-73(76)79-70-71(69-78-72(75)66-63-60-57-54-51-48-45-27-24-21-18-15-12-9-6-3)80-74(77)68-65-62-59-56-53-50-47-44-41-33-31-29-26-23-20-17-14-11-8-5-2/h9,12,18,21-22,25,27,30,32,35-36,45,51,54,60,63,71H,4-8,10-11,13-17,19-20,23-24,26,28-29,31,33-34,37-44,46-50,52-53,55-59,61-62,64-70H2,1-3H3/b12-9-,21-18-,25-22-,32-30-,36-35-,45-27-,54-51-,63-60-. The summed E-state index contributed by atoms with van der Waals surface area (Å²) in [4.78, 5) is 38.3. The molecule has 0 aromatic carbocycles. The molecule has 0 saturated carbocycles. The molecule has 0 amide bonds. The monoisotopic (exact) mass is 1110 g/mol. The predicted molar refractivity (Wildman–Crippen MR) is 348 cm³/mol. The largest absolute Gasteiger partial charge is 0.462 e. The van der Waals surface area contributed by atoms with E-state index in [4.69, 9.17) is 14.2 Å². The van der Waals surface area contributed by atoms with Crippen LogP contribution in [0.25, 0.3) is 0 Å². The lowest BCUT2D eigenvalue weighted by Gasteiger charge is -2.18. The fourth-order valence-corrected chi connectivity index (χ4v) is 9.76. The second-order valence-corrected chi connectivity index (χ2v) is 22.7. The van der Waals surface area contributed by atoms with Crippen LogP contribution in [0.4, 0.5) is 0 Å². The first kappa shape index (κ1) is 76.3. The summed E-state index contributed by atoms with van der Waals surface area (Å²) in [6.45, 7) is 6.47. The van der Waals surface area contributed by atoms with Crippen molar-refractivity contribution < 1.29 is 28.6 Å². The smallest absolute Gasteiger partial charge is 0.309 e. The lowest BCUT2D eigenvalue weighted by molar-refractivity contribution is -0.166. The lowest BCUT2D eigenvalue weighted by atomic mass is 10.0. The van der Waals surface area contributed by atoms with E-state index in [9.17, 15) is 14.4 Å². The molecule has 6 heteroatoms. The maximum absolute atomic E-state index is 12.9. The summed E-state index contributed by atoms with van der Waals surface area (Å²) < 4.78 is 16.9. The van der Waals surface area contributed by atoms with Crippen LogP contribution in [0.5, 0.6) is 0 Å². The molecule has 80 heavy (non-hydrogen) atoms. The zero-order valence-corrected chi connectivity index (χ0v) is 52.8. The highest BCUT2D eigenvalue weighted by Crippen LogP contribution is 2.17. The molecular formula is C74H128O6. The summed E-state index contributed by atoms with van der Waals surface area (Å²) in [7, 11) is 0. The number of ether oxygens (including phenoxy) is 3. The normalized spacial score (nSPS) is 12.7. The van der Waals surface area contributed by atoms with Gasteiger partial charge in [0, 0.05) is 12.8 Å². The topological polar surface area (TPSA) is 78.9 Å². The van der Waals surface area contributed by atoms with E-state index < -0.39 is 12.1 Å². The zero-order chi connectivity index (χ0) is 57.8. The fraction of sp³-hybridized carbons (Fsp3) is 0.743. The van der Waals surface area contributed by atoms with E-state index in [1.165, 1.54) is 212 Å². The van der Waals surface area contributed by atoms with Crippen LogP contribution in [0.2, 0.25) is 0 Å². The molecular weight excluding hydrogens is 985 g/mol. The molecule has 0 spiro atoms. The molecule has 1 unspecified atom stereocenters. The number of esters is 3. The summed E-state index contributed by atoms with van der Waals surface area (Å²) in [5.41, 5.74) is 0. The van der Waals surface area contributed by atoms with E-state index in [2.05, 4.69) is 106 Å². The van der Waals surface area contributed by atoms with Gasteiger partial charge in [0.25, 0.3) is 0 Å². The Morgan fingerprint density at radius 2 is 0.537 bits per heavy atom. The summed E-state index contributed by atoms with van der Waals surface area (Å²) in [6, 6.07) is 0. The van der Waals surface area contributed by atoms with Gasteiger partial charge >= 0.3 is 17.9 Å². The van der Waals surface area contributed by atoms with Gasteiger partial charge in [-0.3, -0.25) is 14.4 Å². The number of carbonyl (C=O) groups excluding carboxylic acids is 3. The third kappa shape index (κ3) is 65.1. The van der Waals surface area contributed by atoms with Gasteiger partial charge in [0.2, 0.25) is 0 Å². The minimum absolute atomic E-state index is 0.106. The average molecular weight is 1110 g/mol. The van der Waals surface area contributed by atoms with Crippen molar-refractivity contribution >= 4 is 17.9 Å². The van der Waals surface area contributed by atoms with Gasteiger partial charge < -0.3 is 14.2 Å². The van der Waals surface area contributed by atoms with Crippen LogP contribution in [0.1, 0.15) is 335 Å². The molecule has 1 atom stereocenters. The lowest BCUT2D eigenvalue weighted by Crippen LogP contribution is -2.30. The fourth-order valence-electron chi connectivity index (χ4n) is 9.76. The minimum atomic E-state index is -0.819. The summed E-state index contributed by atoms with van der Waals surface area (Å²) >= 11 is 0. The molecule has 0 aliphatic carbocycles. The molecule has 0 aromatic rings. The number of carbonyl (C=O) groups is 3. The molecule has 0 saturated heterocycles. The molecule has 0 N–H and O–H groups in total. The van der Waals surface area contributed by atoms with Gasteiger partial charge in [0.05, 0.1) is 6.42 Å². The first-order valence-corrected chi connectivity index (χ1v) is 34.2. The first-order chi connectivity index (χ1) is 39.5. The molecule has 0 fully saturated rings. The van der Waals surface area contributed by atoms with Crippen molar-refractivity contribution in [2.24, 2.45) is 0 Å². The third-order valence-electron chi connectivity index (χ3n) is 14.9. The SMILES string of the molecule is CC/C=C\C/C=C\C/C=C\C/C=C\C/C=C\CC(=O)OCC(COC(=O)CCCCCCCCCCCCCC/C=C\C/C=C\C/C=C\CCCCCCC)OC(=O)CCCCCCCCCCCCCCCCCCCCCC. The van der Waals surface area contributed by atoms with E-state index >= 15 is 0 Å². The van der Waals surface area contributed by atoms with Crippen LogP contribution in [0.3, 0.4) is 0 Å². The summed E-state index contributed by atoms with van der Waals surface area (Å²) in [5, 5.41) is 0. The highest BCUT2D eigenvalue weighted by Gasteiger charge is 2.19. The van der Waals surface area contributed by atoms with Gasteiger partial charge in [0.1, 0.15) is 13.2 Å². The van der Waals surface area contributed by atoms with Crippen LogP contribution >= 0.6 is 0 Å². The molecule has 460 valence electrons. The molecule has 0 rings (SSSR count). The molecule has 6 nitrogen and oxygen atoms in total. The second kappa shape index (κ2) is 67.8. The Balaban J connectivity index is 4.36. The number of allylic oxidation sites excluding steroid dienone is 15. The van der Waals surface area contributed by atoms with E-state index in [0.29, 0.717) is 12.8 Å². The van der Waals surface area contributed by atoms with Gasteiger partial charge in [-0.1, -0.05) is 330 Å². The Morgan fingerprint density at radius 1 is 0.275 bits per heavy atom. The van der Waals surface area contributed by atoms with Crippen LogP contribution in [0.15, 0.2) is 97.2 Å². The van der Waals surface area contributed by atoms with Crippen molar-refractivity contribution in [2.75, 3.05) is 13.2 Å². The number of rotatable bonds is 62. The zero-order valence-electron chi connectivity index (χ0n) is 52.8. The Kier molecular flexibility index (Phi) is 64.7. The molecule has 0 radical (unpaired) electrons. The van der Waals surface area contributed by atoms with Gasteiger partial charge in [0.15, 0.2) is 6.10 Å². The first-order valence-electron chi connectivity index (χ1n) is 34.2. The quantitative estimate of drug-likeness (QED) is 0.0261. The van der Waals surface area contributed by atoms with E-state index in [1.54, 1.807) is 6.08 Å². The molecule has 0 bridgehead atoms.